The van der Waals surface area contributed by atoms with Crippen molar-refractivity contribution >= 4 is 23.6 Å². The number of amides is 1. The molecule has 0 spiro atoms. The number of hydrogen-bond donors (Lipinski definition) is 1. The van der Waals surface area contributed by atoms with E-state index in [-0.39, 0.29) is 11.9 Å². The molecule has 3 atom stereocenters. The van der Waals surface area contributed by atoms with Gasteiger partial charge in [0.15, 0.2) is 0 Å². The molecule has 0 saturated carbocycles. The van der Waals surface area contributed by atoms with Gasteiger partial charge in [-0.2, -0.15) is 11.8 Å². The minimum atomic E-state index is -0.581. The summed E-state index contributed by atoms with van der Waals surface area (Å²) in [5, 5.41) is 0. The van der Waals surface area contributed by atoms with Crippen LogP contribution in [0.1, 0.15) is 33.6 Å². The Morgan fingerprint density at radius 2 is 1.95 bits per heavy atom. The fourth-order valence-electron chi connectivity index (χ4n) is 2.69. The first kappa shape index (κ1) is 18.3. The number of carbonyl (C=O) groups is 2. The third-order valence-electron chi connectivity index (χ3n) is 3.61. The van der Waals surface area contributed by atoms with Gasteiger partial charge < -0.3 is 15.4 Å². The quantitative estimate of drug-likeness (QED) is 0.569. The van der Waals surface area contributed by atoms with Crippen molar-refractivity contribution in [2.45, 2.75) is 39.7 Å². The number of esters is 1. The van der Waals surface area contributed by atoms with E-state index in [1.807, 2.05) is 4.90 Å². The highest BCUT2D eigenvalue weighted by molar-refractivity contribution is 7.99. The van der Waals surface area contributed by atoms with Gasteiger partial charge >= 0.3 is 5.97 Å². The second-order valence-electron chi connectivity index (χ2n) is 5.94. The van der Waals surface area contributed by atoms with Crippen LogP contribution < -0.4 is 5.73 Å². The SMILES string of the molecule is CCOC(=O)C(N)CCSCC(=O)N1CC(C)CC(C)C1. The molecule has 1 saturated heterocycles. The van der Waals surface area contributed by atoms with Gasteiger partial charge in [-0.3, -0.25) is 9.59 Å². The summed E-state index contributed by atoms with van der Waals surface area (Å²) in [6.07, 6.45) is 1.74. The van der Waals surface area contributed by atoms with E-state index in [1.54, 1.807) is 18.7 Å². The Morgan fingerprint density at radius 3 is 2.52 bits per heavy atom. The van der Waals surface area contributed by atoms with E-state index in [2.05, 4.69) is 13.8 Å². The van der Waals surface area contributed by atoms with Crippen LogP contribution in [0.4, 0.5) is 0 Å². The Bertz CT molecular complexity index is 342. The number of nitrogens with two attached hydrogens (primary N) is 1. The Kier molecular flexibility index (Phi) is 8.11. The van der Waals surface area contributed by atoms with Crippen molar-refractivity contribution in [3.05, 3.63) is 0 Å². The fraction of sp³-hybridized carbons (Fsp3) is 0.867. The summed E-state index contributed by atoms with van der Waals surface area (Å²) in [5.41, 5.74) is 5.72. The van der Waals surface area contributed by atoms with Gasteiger partial charge in [0.05, 0.1) is 12.4 Å². The lowest BCUT2D eigenvalue weighted by Crippen LogP contribution is -2.43. The van der Waals surface area contributed by atoms with Crippen LogP contribution in [0.2, 0.25) is 0 Å². The number of likely N-dealkylation sites (tertiary alicyclic amines) is 1. The molecular weight excluding hydrogens is 288 g/mol. The van der Waals surface area contributed by atoms with Gasteiger partial charge in [0, 0.05) is 13.1 Å². The molecule has 0 aromatic carbocycles. The van der Waals surface area contributed by atoms with Gasteiger partial charge in [-0.1, -0.05) is 13.8 Å². The van der Waals surface area contributed by atoms with E-state index in [1.165, 1.54) is 6.42 Å². The molecule has 5 nitrogen and oxygen atoms in total. The minimum absolute atomic E-state index is 0.197. The first-order valence-electron chi connectivity index (χ1n) is 7.71. The lowest BCUT2D eigenvalue weighted by atomic mass is 9.92. The first-order valence-corrected chi connectivity index (χ1v) is 8.87. The molecule has 0 bridgehead atoms. The highest BCUT2D eigenvalue weighted by Crippen LogP contribution is 2.21. The number of hydrogen-bond acceptors (Lipinski definition) is 5. The zero-order valence-corrected chi connectivity index (χ0v) is 14.2. The van der Waals surface area contributed by atoms with Crippen LogP contribution in [0.25, 0.3) is 0 Å². The molecular formula is C15H28N2O3S. The number of thioether (sulfide) groups is 1. The molecule has 1 aliphatic heterocycles. The summed E-state index contributed by atoms with van der Waals surface area (Å²) < 4.78 is 4.85. The summed E-state index contributed by atoms with van der Waals surface area (Å²) in [6.45, 7) is 8.24. The summed E-state index contributed by atoms with van der Waals surface area (Å²) in [4.78, 5) is 25.5. The van der Waals surface area contributed by atoms with E-state index < -0.39 is 6.04 Å². The smallest absolute Gasteiger partial charge is 0.322 e. The van der Waals surface area contributed by atoms with Gasteiger partial charge in [-0.05, 0) is 37.4 Å². The van der Waals surface area contributed by atoms with E-state index in [4.69, 9.17) is 10.5 Å². The summed E-state index contributed by atoms with van der Waals surface area (Å²) in [5.74, 6) is 2.17. The predicted molar refractivity (Wildman–Crippen MR) is 86.1 cm³/mol. The maximum absolute atomic E-state index is 12.2. The molecule has 21 heavy (non-hydrogen) atoms. The van der Waals surface area contributed by atoms with E-state index in [9.17, 15) is 9.59 Å². The molecule has 0 aliphatic carbocycles. The molecule has 0 aromatic rings. The molecule has 1 amide bonds. The number of piperidine rings is 1. The molecule has 1 heterocycles. The van der Waals surface area contributed by atoms with E-state index in [0.717, 1.165) is 13.1 Å². The Balaban J connectivity index is 2.20. The average Bonchev–Trinajstić information content (AvgIpc) is 2.42. The highest BCUT2D eigenvalue weighted by Gasteiger charge is 2.25. The van der Waals surface area contributed by atoms with Crippen LogP contribution in [0.3, 0.4) is 0 Å². The van der Waals surface area contributed by atoms with Gasteiger partial charge in [0.1, 0.15) is 6.04 Å². The van der Waals surface area contributed by atoms with Gasteiger partial charge in [-0.25, -0.2) is 0 Å². The molecule has 1 aliphatic rings. The van der Waals surface area contributed by atoms with Crippen LogP contribution in [-0.4, -0.2) is 54.0 Å². The van der Waals surface area contributed by atoms with Crippen LogP contribution in [0, 0.1) is 11.8 Å². The van der Waals surface area contributed by atoms with Crippen molar-refractivity contribution in [1.29, 1.82) is 0 Å². The largest absolute Gasteiger partial charge is 0.465 e. The topological polar surface area (TPSA) is 72.6 Å². The lowest BCUT2D eigenvalue weighted by molar-refractivity contribution is -0.144. The molecule has 2 N–H and O–H groups in total. The Hall–Kier alpha value is -0.750. The van der Waals surface area contributed by atoms with Crippen LogP contribution in [0.5, 0.6) is 0 Å². The molecule has 6 heteroatoms. The normalized spacial score (nSPS) is 23.7. The standard InChI is InChI=1S/C15H28N2O3S/c1-4-20-15(19)13(16)5-6-21-10-14(18)17-8-11(2)7-12(3)9-17/h11-13H,4-10,16H2,1-3H3. The predicted octanol–water partition coefficient (Wildman–Crippen LogP) is 1.50. The number of rotatable bonds is 7. The van der Waals surface area contributed by atoms with E-state index >= 15 is 0 Å². The van der Waals surface area contributed by atoms with Crippen LogP contribution >= 0.6 is 11.8 Å². The van der Waals surface area contributed by atoms with Gasteiger partial charge in [0.2, 0.25) is 5.91 Å². The molecule has 3 unspecified atom stereocenters. The maximum Gasteiger partial charge on any atom is 0.322 e. The maximum atomic E-state index is 12.2. The Morgan fingerprint density at radius 1 is 1.33 bits per heavy atom. The van der Waals surface area contributed by atoms with E-state index in [0.29, 0.717) is 36.4 Å². The third kappa shape index (κ3) is 6.70. The molecule has 0 aromatic heterocycles. The van der Waals surface area contributed by atoms with Crippen LogP contribution in [-0.2, 0) is 14.3 Å². The van der Waals surface area contributed by atoms with Gasteiger partial charge in [0.25, 0.3) is 0 Å². The van der Waals surface area contributed by atoms with Crippen LogP contribution in [0.15, 0.2) is 0 Å². The minimum Gasteiger partial charge on any atom is -0.465 e. The van der Waals surface area contributed by atoms with Crippen molar-refractivity contribution in [3.63, 3.8) is 0 Å². The third-order valence-corrected chi connectivity index (χ3v) is 4.59. The fourth-order valence-corrected chi connectivity index (χ4v) is 3.62. The summed E-state index contributed by atoms with van der Waals surface area (Å²) in [6, 6.07) is -0.581. The molecule has 0 radical (unpaired) electrons. The van der Waals surface area contributed by atoms with Gasteiger partial charge in [-0.15, -0.1) is 0 Å². The zero-order chi connectivity index (χ0) is 15.8. The van der Waals surface area contributed by atoms with Crippen molar-refractivity contribution in [3.8, 4) is 0 Å². The molecule has 1 fully saturated rings. The molecule has 122 valence electrons. The van der Waals surface area contributed by atoms with Crippen molar-refractivity contribution in [2.75, 3.05) is 31.2 Å². The Labute approximate surface area is 132 Å². The molecule has 1 rings (SSSR count). The van der Waals surface area contributed by atoms with Crippen molar-refractivity contribution < 1.29 is 14.3 Å². The first-order chi connectivity index (χ1) is 9.93. The average molecular weight is 316 g/mol. The van der Waals surface area contributed by atoms with Crippen molar-refractivity contribution in [1.82, 2.24) is 4.90 Å². The summed E-state index contributed by atoms with van der Waals surface area (Å²) >= 11 is 1.54. The number of ether oxygens (including phenoxy) is 1. The second-order valence-corrected chi connectivity index (χ2v) is 7.05. The monoisotopic (exact) mass is 316 g/mol. The number of nitrogens with zero attached hydrogens (tertiary/aromatic N) is 1. The summed E-state index contributed by atoms with van der Waals surface area (Å²) in [7, 11) is 0. The number of carbonyl (C=O) groups excluding carboxylic acids is 2. The van der Waals surface area contributed by atoms with Crippen molar-refractivity contribution in [2.24, 2.45) is 17.6 Å². The second kappa shape index (κ2) is 9.30. The lowest BCUT2D eigenvalue weighted by Gasteiger charge is -2.35. The zero-order valence-electron chi connectivity index (χ0n) is 13.3. The highest BCUT2D eigenvalue weighted by atomic mass is 32.2.